The van der Waals surface area contributed by atoms with E-state index in [1.165, 1.54) is 12.1 Å². The fourth-order valence-corrected chi connectivity index (χ4v) is 1.77. The standard InChI is InChI=1S/C10H4BrF3N2O3/c11-6-2-1-4(3-5(6)10(12,13)14)8-15-7(9(17)18)16-19-8/h1-3H,(H,17,18). The first-order chi connectivity index (χ1) is 8.79. The zero-order valence-electron chi connectivity index (χ0n) is 8.90. The average Bonchev–Trinajstić information content (AvgIpc) is 2.77. The minimum atomic E-state index is -4.55. The molecule has 0 saturated carbocycles. The van der Waals surface area contributed by atoms with Crippen LogP contribution in [0.3, 0.4) is 0 Å². The summed E-state index contributed by atoms with van der Waals surface area (Å²) in [4.78, 5) is 14.0. The average molecular weight is 337 g/mol. The van der Waals surface area contributed by atoms with Gasteiger partial charge in [0.2, 0.25) is 0 Å². The molecule has 0 spiro atoms. The second kappa shape index (κ2) is 4.65. The van der Waals surface area contributed by atoms with Crippen LogP contribution >= 0.6 is 15.9 Å². The maximum atomic E-state index is 12.7. The Morgan fingerprint density at radius 2 is 2.05 bits per heavy atom. The van der Waals surface area contributed by atoms with E-state index in [4.69, 9.17) is 5.11 Å². The van der Waals surface area contributed by atoms with E-state index in [2.05, 4.69) is 30.6 Å². The number of rotatable bonds is 2. The molecular formula is C10H4BrF3N2O3. The second-order valence-electron chi connectivity index (χ2n) is 3.42. The molecule has 0 aliphatic heterocycles. The van der Waals surface area contributed by atoms with Gasteiger partial charge in [0.1, 0.15) is 0 Å². The predicted molar refractivity (Wildman–Crippen MR) is 59.4 cm³/mol. The maximum Gasteiger partial charge on any atom is 0.417 e. The monoisotopic (exact) mass is 336 g/mol. The summed E-state index contributed by atoms with van der Waals surface area (Å²) in [7, 11) is 0. The Labute approximate surface area is 112 Å². The lowest BCUT2D eigenvalue weighted by molar-refractivity contribution is -0.138. The van der Waals surface area contributed by atoms with E-state index in [9.17, 15) is 18.0 Å². The zero-order valence-corrected chi connectivity index (χ0v) is 10.5. The van der Waals surface area contributed by atoms with Crippen molar-refractivity contribution in [2.45, 2.75) is 6.18 Å². The van der Waals surface area contributed by atoms with Gasteiger partial charge < -0.3 is 9.63 Å². The van der Waals surface area contributed by atoms with Crippen LogP contribution in [0.2, 0.25) is 0 Å². The van der Waals surface area contributed by atoms with Crippen molar-refractivity contribution in [1.82, 2.24) is 10.1 Å². The van der Waals surface area contributed by atoms with Crippen molar-refractivity contribution in [3.05, 3.63) is 34.1 Å². The Bertz CT molecular complexity index is 639. The van der Waals surface area contributed by atoms with Gasteiger partial charge in [0.05, 0.1) is 5.56 Å². The van der Waals surface area contributed by atoms with Gasteiger partial charge in [-0.15, -0.1) is 0 Å². The van der Waals surface area contributed by atoms with E-state index in [-0.39, 0.29) is 15.9 Å². The van der Waals surface area contributed by atoms with E-state index in [1.54, 1.807) is 0 Å². The summed E-state index contributed by atoms with van der Waals surface area (Å²) in [5.74, 6) is -2.34. The lowest BCUT2D eigenvalue weighted by atomic mass is 10.1. The van der Waals surface area contributed by atoms with Crippen LogP contribution in [0.4, 0.5) is 13.2 Å². The van der Waals surface area contributed by atoms with Gasteiger partial charge in [-0.3, -0.25) is 0 Å². The van der Waals surface area contributed by atoms with E-state index in [0.717, 1.165) is 6.07 Å². The van der Waals surface area contributed by atoms with Gasteiger partial charge in [-0.05, 0) is 23.4 Å². The molecule has 0 saturated heterocycles. The van der Waals surface area contributed by atoms with Gasteiger partial charge in [0.15, 0.2) is 0 Å². The molecule has 1 N–H and O–H groups in total. The minimum absolute atomic E-state index is 0.0180. The molecule has 1 heterocycles. The van der Waals surface area contributed by atoms with E-state index in [1.807, 2.05) is 0 Å². The largest absolute Gasteiger partial charge is 0.475 e. The number of benzene rings is 1. The van der Waals surface area contributed by atoms with E-state index < -0.39 is 23.5 Å². The highest BCUT2D eigenvalue weighted by molar-refractivity contribution is 9.10. The molecule has 0 atom stereocenters. The number of carbonyl (C=O) groups is 1. The van der Waals surface area contributed by atoms with Crippen molar-refractivity contribution in [1.29, 1.82) is 0 Å². The third-order valence-corrected chi connectivity index (χ3v) is 2.83. The Morgan fingerprint density at radius 3 is 2.58 bits per heavy atom. The molecule has 5 nitrogen and oxygen atoms in total. The summed E-state index contributed by atoms with van der Waals surface area (Å²) < 4.78 is 42.5. The highest BCUT2D eigenvalue weighted by Gasteiger charge is 2.33. The molecule has 9 heteroatoms. The summed E-state index contributed by atoms with van der Waals surface area (Å²) in [6, 6.07) is 3.27. The highest BCUT2D eigenvalue weighted by atomic mass is 79.9. The number of carboxylic acids is 1. The summed E-state index contributed by atoms with van der Waals surface area (Å²) in [6.07, 6.45) is -4.55. The van der Waals surface area contributed by atoms with Crippen LogP contribution in [0.5, 0.6) is 0 Å². The van der Waals surface area contributed by atoms with Gasteiger partial charge in [0, 0.05) is 10.0 Å². The van der Waals surface area contributed by atoms with Gasteiger partial charge in [0.25, 0.3) is 11.7 Å². The molecule has 1 aromatic carbocycles. The second-order valence-corrected chi connectivity index (χ2v) is 4.28. The number of nitrogens with zero attached hydrogens (tertiary/aromatic N) is 2. The molecule has 0 amide bonds. The molecule has 0 radical (unpaired) electrons. The van der Waals surface area contributed by atoms with Crippen molar-refractivity contribution < 1.29 is 27.6 Å². The van der Waals surface area contributed by atoms with Crippen LogP contribution in [-0.2, 0) is 6.18 Å². The minimum Gasteiger partial charge on any atom is -0.475 e. The summed E-state index contributed by atoms with van der Waals surface area (Å²) in [5.41, 5.74) is -0.935. The van der Waals surface area contributed by atoms with E-state index in [0.29, 0.717) is 0 Å². The molecule has 19 heavy (non-hydrogen) atoms. The number of halogens is 4. The fraction of sp³-hybridized carbons (Fsp3) is 0.100. The van der Waals surface area contributed by atoms with Crippen LogP contribution in [0.1, 0.15) is 16.2 Å². The SMILES string of the molecule is O=C(O)c1noc(-c2ccc(Br)c(C(F)(F)F)c2)n1. The van der Waals surface area contributed by atoms with Gasteiger partial charge in [-0.1, -0.05) is 15.9 Å². The van der Waals surface area contributed by atoms with E-state index >= 15 is 0 Å². The number of hydrogen-bond donors (Lipinski definition) is 1. The molecule has 0 aliphatic rings. The molecule has 0 bridgehead atoms. The van der Waals surface area contributed by atoms with Gasteiger partial charge in [-0.2, -0.15) is 18.2 Å². The third-order valence-electron chi connectivity index (χ3n) is 2.14. The third kappa shape index (κ3) is 2.75. The number of aromatic nitrogens is 2. The number of carboxylic acid groups (broad SMARTS) is 1. The lowest BCUT2D eigenvalue weighted by Gasteiger charge is -2.09. The Hall–Kier alpha value is -1.90. The molecule has 2 rings (SSSR count). The van der Waals surface area contributed by atoms with Crippen LogP contribution < -0.4 is 0 Å². The normalized spacial score (nSPS) is 11.6. The van der Waals surface area contributed by atoms with Crippen molar-refractivity contribution in [2.24, 2.45) is 0 Å². The molecule has 2 aromatic rings. The van der Waals surface area contributed by atoms with Gasteiger partial charge >= 0.3 is 12.1 Å². The summed E-state index contributed by atoms with van der Waals surface area (Å²) in [5, 5.41) is 11.7. The quantitative estimate of drug-likeness (QED) is 0.911. The first kappa shape index (κ1) is 13.5. The first-order valence-electron chi connectivity index (χ1n) is 4.73. The topological polar surface area (TPSA) is 76.2 Å². The number of aromatic carboxylic acids is 1. The first-order valence-corrected chi connectivity index (χ1v) is 5.52. The van der Waals surface area contributed by atoms with Crippen LogP contribution in [0, 0.1) is 0 Å². The van der Waals surface area contributed by atoms with Crippen molar-refractivity contribution in [3.63, 3.8) is 0 Å². The Kier molecular flexibility index (Phi) is 3.31. The van der Waals surface area contributed by atoms with Gasteiger partial charge in [-0.25, -0.2) is 4.79 Å². The lowest BCUT2D eigenvalue weighted by Crippen LogP contribution is -2.06. The number of hydrogen-bond acceptors (Lipinski definition) is 4. The molecule has 0 unspecified atom stereocenters. The summed E-state index contributed by atoms with van der Waals surface area (Å²) in [6.45, 7) is 0. The highest BCUT2D eigenvalue weighted by Crippen LogP contribution is 2.37. The Morgan fingerprint density at radius 1 is 1.37 bits per heavy atom. The molecule has 100 valence electrons. The summed E-state index contributed by atoms with van der Waals surface area (Å²) >= 11 is 2.79. The van der Waals surface area contributed by atoms with Crippen molar-refractivity contribution in [3.8, 4) is 11.5 Å². The van der Waals surface area contributed by atoms with Crippen LogP contribution in [-0.4, -0.2) is 21.2 Å². The Balaban J connectivity index is 2.48. The van der Waals surface area contributed by atoms with Crippen LogP contribution in [0.25, 0.3) is 11.5 Å². The smallest absolute Gasteiger partial charge is 0.417 e. The fourth-order valence-electron chi connectivity index (χ4n) is 1.30. The molecule has 0 aliphatic carbocycles. The van der Waals surface area contributed by atoms with Crippen molar-refractivity contribution in [2.75, 3.05) is 0 Å². The van der Waals surface area contributed by atoms with Crippen molar-refractivity contribution >= 4 is 21.9 Å². The number of alkyl halides is 3. The molecule has 1 aromatic heterocycles. The predicted octanol–water partition coefficient (Wildman–Crippen LogP) is 3.22. The molecular weight excluding hydrogens is 333 g/mol. The van der Waals surface area contributed by atoms with Crippen LogP contribution in [0.15, 0.2) is 27.2 Å². The molecule has 0 fully saturated rings. The maximum absolute atomic E-state index is 12.7. The zero-order chi connectivity index (χ0) is 14.2.